The molecule has 1 fully saturated rings. The second-order valence-corrected chi connectivity index (χ2v) is 29.1. The molecule has 0 aliphatic carbocycles. The molecule has 0 aromatic heterocycles. The third-order valence-corrected chi connectivity index (χ3v) is 19.1. The maximum atomic E-state index is 14.5. The van der Waals surface area contributed by atoms with Gasteiger partial charge in [0, 0.05) is 18.6 Å². The van der Waals surface area contributed by atoms with Gasteiger partial charge in [0.2, 0.25) is 88.6 Å². The molecule has 0 radical (unpaired) electrons. The van der Waals surface area contributed by atoms with Gasteiger partial charge in [-0.3, -0.25) is 76.7 Å². The van der Waals surface area contributed by atoms with Gasteiger partial charge in [0.15, 0.2) is 0 Å². The molecule has 0 unspecified atom stereocenters. The minimum atomic E-state index is -2.07. The number of nitrogens with one attached hydrogen (secondary N) is 15. The first-order valence-electron chi connectivity index (χ1n) is 38.7. The standard InChI is InChI=1S/C75H119N19O20S/c1-7-42(4)61(94-63(101)44(6)83-68(106)52(34-45-21-10-8-11-22-45)84-59(97)38-81-62(100)43(5)82-64(102)47-28-20-32-80-47)74(112)91-51(33-41(2)3)69(107)86-50(27-16-19-31-78)67(105)93-57(40-115)73(111)89-54(36-58(79)96)71(109)90-55(37-60(98)99)72(110)87-48(25-14-17-29-76)65(103)85-49(26-15-18-30-77)66(104)88-53(35-46-23-12-9-13-24-46)70(108)92-56(39-95)75(113)114/h8-13,21-24,41-44,47-57,61,80,95,115H,7,14-20,25-40,76-78H2,1-6H3,(H2,79,96)(H,81,100)(H,82,102)(H,83,106)(H,84,97)(H,85,103)(H,86,107)(H,87,110)(H,88,104)(H,89,111)(H,90,109)(H,91,112)(H,92,108)(H,93,105)(H,94,101)(H,98,99)(H,113,114)/t42-,43-,44-,47-,48-,49-,50-,51-,52-,53-,54-,55-,56-,57-,61-/m0/s1. The summed E-state index contributed by atoms with van der Waals surface area (Å²) in [6.07, 6.45) is 0.534. The predicted octanol–water partition coefficient (Wildman–Crippen LogP) is -5.48. The van der Waals surface area contributed by atoms with E-state index >= 15 is 0 Å². The number of carboxylic acid groups (broad SMARTS) is 2. The number of amides is 15. The largest absolute Gasteiger partial charge is 0.481 e. The van der Waals surface area contributed by atoms with E-state index in [1.165, 1.54) is 13.8 Å². The van der Waals surface area contributed by atoms with E-state index < -0.39 is 217 Å². The zero-order chi connectivity index (χ0) is 85.9. The predicted molar refractivity (Wildman–Crippen MR) is 423 cm³/mol. The summed E-state index contributed by atoms with van der Waals surface area (Å²) >= 11 is 4.25. The molecule has 0 saturated carbocycles. The zero-order valence-electron chi connectivity index (χ0n) is 66.0. The number of nitrogens with two attached hydrogens (primary N) is 4. The molecule has 2 aromatic rings. The van der Waals surface area contributed by atoms with Gasteiger partial charge in [-0.2, -0.15) is 12.6 Å². The van der Waals surface area contributed by atoms with E-state index in [1.54, 1.807) is 88.4 Å². The number of carbonyl (C=O) groups is 17. The van der Waals surface area contributed by atoms with E-state index in [4.69, 9.17) is 22.9 Å². The van der Waals surface area contributed by atoms with Crippen molar-refractivity contribution in [1.82, 2.24) is 79.8 Å². The summed E-state index contributed by atoms with van der Waals surface area (Å²) in [5, 5.41) is 67.2. The van der Waals surface area contributed by atoms with Gasteiger partial charge in [-0.05, 0) is 140 Å². The van der Waals surface area contributed by atoms with E-state index in [0.29, 0.717) is 49.8 Å². The Balaban J connectivity index is 1.84. The number of hydrogen-bond acceptors (Lipinski definition) is 23. The van der Waals surface area contributed by atoms with Crippen LogP contribution in [-0.4, -0.2) is 246 Å². The molecule has 1 saturated heterocycles. The topological polar surface area (TPSA) is 635 Å². The molecule has 115 heavy (non-hydrogen) atoms. The van der Waals surface area contributed by atoms with Gasteiger partial charge in [-0.1, -0.05) is 94.8 Å². The summed E-state index contributed by atoms with van der Waals surface area (Å²) in [6.45, 7) is 9.24. The van der Waals surface area contributed by atoms with Crippen molar-refractivity contribution in [2.75, 3.05) is 45.1 Å². The van der Waals surface area contributed by atoms with Gasteiger partial charge in [0.1, 0.15) is 78.5 Å². The summed E-state index contributed by atoms with van der Waals surface area (Å²) in [5.41, 5.74) is 24.0. The van der Waals surface area contributed by atoms with Crippen LogP contribution in [0.2, 0.25) is 0 Å². The summed E-state index contributed by atoms with van der Waals surface area (Å²) in [7, 11) is 0. The van der Waals surface area contributed by atoms with Gasteiger partial charge in [-0.15, -0.1) is 0 Å². The van der Waals surface area contributed by atoms with Crippen molar-refractivity contribution >= 4 is 113 Å². The average molecular weight is 1640 g/mol. The molecule has 3 rings (SSSR count). The monoisotopic (exact) mass is 1640 g/mol. The molecule has 0 bridgehead atoms. The number of rotatable bonds is 55. The van der Waals surface area contributed by atoms with Crippen LogP contribution in [-0.2, 0) is 94.3 Å². The van der Waals surface area contributed by atoms with E-state index in [9.17, 15) is 96.8 Å². The third-order valence-electron chi connectivity index (χ3n) is 18.7. The smallest absolute Gasteiger partial charge is 0.328 e. The highest BCUT2D eigenvalue weighted by Gasteiger charge is 2.39. The van der Waals surface area contributed by atoms with Crippen molar-refractivity contribution in [3.8, 4) is 0 Å². The third kappa shape index (κ3) is 36.7. The van der Waals surface area contributed by atoms with Crippen molar-refractivity contribution in [3.63, 3.8) is 0 Å². The van der Waals surface area contributed by atoms with Crippen LogP contribution in [0.15, 0.2) is 60.7 Å². The number of hydrogen-bond donors (Lipinski definition) is 23. The fraction of sp³-hybridized carbons (Fsp3) is 0.613. The molecule has 39 nitrogen and oxygen atoms in total. The van der Waals surface area contributed by atoms with Gasteiger partial charge < -0.3 is 118 Å². The summed E-state index contributed by atoms with van der Waals surface area (Å²) in [6, 6.07) is -3.38. The molecule has 15 atom stereocenters. The molecule has 15 amide bonds. The van der Waals surface area contributed by atoms with E-state index in [0.717, 1.165) is 6.42 Å². The number of carbonyl (C=O) groups excluding carboxylic acids is 15. The lowest BCUT2D eigenvalue weighted by atomic mass is 9.96. The highest BCUT2D eigenvalue weighted by atomic mass is 32.1. The molecule has 2 aromatic carbocycles. The lowest BCUT2D eigenvalue weighted by Crippen LogP contribution is -2.61. The molecule has 1 aliphatic heterocycles. The number of carboxylic acids is 2. The quantitative estimate of drug-likeness (QED) is 0.0217. The minimum absolute atomic E-state index is 0.0233. The molecular weight excluding hydrogens is 1520 g/mol. The summed E-state index contributed by atoms with van der Waals surface area (Å²) in [5.74, 6) is -18.7. The van der Waals surface area contributed by atoms with Crippen LogP contribution in [0.3, 0.4) is 0 Å². The fourth-order valence-corrected chi connectivity index (χ4v) is 12.2. The highest BCUT2D eigenvalue weighted by Crippen LogP contribution is 2.16. The van der Waals surface area contributed by atoms with E-state index in [-0.39, 0.29) is 89.2 Å². The van der Waals surface area contributed by atoms with Crippen LogP contribution in [0.4, 0.5) is 0 Å². The SMILES string of the molecule is CC[C@H](C)[C@H](NC(=O)[C@H](C)NC(=O)[C@H](Cc1ccccc1)NC(=O)CNC(=O)[C@H](C)NC(=O)[C@@H]1CCCN1)C(=O)N[C@@H](CC(C)C)C(=O)N[C@@H](CCCCN)C(=O)N[C@@H](CS)C(=O)N[C@@H](CC(N)=O)C(=O)N[C@@H](CC(=O)O)C(=O)N[C@@H](CCCCN)C(=O)N[C@@H](CCCCN)C(=O)N[C@@H](Cc1ccccc1)C(=O)N[C@@H](CO)C(=O)O. The van der Waals surface area contributed by atoms with Crippen LogP contribution >= 0.6 is 12.6 Å². The molecule has 26 N–H and O–H groups in total. The number of aliphatic hydroxyl groups is 1. The Morgan fingerprint density at radius 3 is 1.29 bits per heavy atom. The van der Waals surface area contributed by atoms with Crippen molar-refractivity contribution in [1.29, 1.82) is 0 Å². The Labute approximate surface area is 673 Å². The van der Waals surface area contributed by atoms with Crippen LogP contribution in [0.5, 0.6) is 0 Å². The lowest BCUT2D eigenvalue weighted by molar-refractivity contribution is -0.143. The lowest BCUT2D eigenvalue weighted by Gasteiger charge is -2.29. The minimum Gasteiger partial charge on any atom is -0.481 e. The van der Waals surface area contributed by atoms with Gasteiger partial charge >= 0.3 is 11.9 Å². The molecule has 640 valence electrons. The van der Waals surface area contributed by atoms with E-state index in [1.807, 2.05) is 0 Å². The molecule has 40 heteroatoms. The highest BCUT2D eigenvalue weighted by molar-refractivity contribution is 7.80. The maximum Gasteiger partial charge on any atom is 0.328 e. The van der Waals surface area contributed by atoms with Crippen molar-refractivity contribution in [3.05, 3.63) is 71.8 Å². The van der Waals surface area contributed by atoms with Crippen LogP contribution in [0.25, 0.3) is 0 Å². The fourth-order valence-electron chi connectivity index (χ4n) is 11.9. The Bertz CT molecular complexity index is 3560. The van der Waals surface area contributed by atoms with E-state index in [2.05, 4.69) is 92.4 Å². The Hall–Kier alpha value is -10.4. The van der Waals surface area contributed by atoms with Crippen LogP contribution < -0.4 is 103 Å². The van der Waals surface area contributed by atoms with Crippen molar-refractivity contribution < 1.29 is 96.8 Å². The first kappa shape index (κ1) is 98.8. The Morgan fingerprint density at radius 2 is 0.861 bits per heavy atom. The second kappa shape index (κ2) is 52.9. The number of primary amides is 1. The van der Waals surface area contributed by atoms with Crippen LogP contribution in [0, 0.1) is 11.8 Å². The first-order chi connectivity index (χ1) is 54.6. The summed E-state index contributed by atoms with van der Waals surface area (Å²) in [4.78, 5) is 232. The van der Waals surface area contributed by atoms with Gasteiger partial charge in [-0.25, -0.2) is 4.79 Å². The average Bonchev–Trinajstić information content (AvgIpc) is 1.32. The zero-order valence-corrected chi connectivity index (χ0v) is 66.9. The molecule has 1 heterocycles. The normalized spacial score (nSPS) is 16.1. The first-order valence-corrected chi connectivity index (χ1v) is 39.3. The van der Waals surface area contributed by atoms with Gasteiger partial charge in [0.05, 0.1) is 32.0 Å². The Kier molecular flexibility index (Phi) is 45.4. The number of aliphatic carboxylic acids is 2. The molecular formula is C75H119N19O20S. The number of aliphatic hydroxyl groups excluding tert-OH is 1. The maximum absolute atomic E-state index is 14.5. The molecule has 0 spiro atoms. The second-order valence-electron chi connectivity index (χ2n) is 28.7. The number of unbranched alkanes of at least 4 members (excludes halogenated alkanes) is 3. The molecule has 1 aliphatic rings. The van der Waals surface area contributed by atoms with Crippen LogP contribution in [0.1, 0.15) is 149 Å². The Morgan fingerprint density at radius 1 is 0.461 bits per heavy atom. The van der Waals surface area contributed by atoms with Gasteiger partial charge in [0.25, 0.3) is 0 Å². The number of benzene rings is 2. The number of thiol groups is 1. The van der Waals surface area contributed by atoms with Crippen molar-refractivity contribution in [2.45, 2.75) is 235 Å². The summed E-state index contributed by atoms with van der Waals surface area (Å²) < 4.78 is 0. The van der Waals surface area contributed by atoms with Crippen molar-refractivity contribution in [2.24, 2.45) is 34.8 Å².